The minimum atomic E-state index is -0.261. The molecule has 0 spiro atoms. The number of hydrogen-bond acceptors (Lipinski definition) is 2. The summed E-state index contributed by atoms with van der Waals surface area (Å²) in [5.41, 5.74) is 7.20. The first-order valence-corrected chi connectivity index (χ1v) is 12.8. The zero-order valence-electron chi connectivity index (χ0n) is 22.0. The van der Waals surface area contributed by atoms with Crippen molar-refractivity contribution in [1.82, 2.24) is 9.78 Å². The highest BCUT2D eigenvalue weighted by Crippen LogP contribution is 2.45. The number of carbonyl (C=O) groups is 1. The lowest BCUT2D eigenvalue weighted by Gasteiger charge is -2.27. The Morgan fingerprint density at radius 1 is 0.811 bits per heavy atom. The summed E-state index contributed by atoms with van der Waals surface area (Å²) < 4.78 is 1.90. The van der Waals surface area contributed by atoms with E-state index in [4.69, 9.17) is 5.10 Å². The van der Waals surface area contributed by atoms with Crippen molar-refractivity contribution in [1.29, 1.82) is 0 Å². The molecule has 37 heavy (non-hydrogen) atoms. The average molecular weight is 486 g/mol. The molecule has 0 radical (unpaired) electrons. The van der Waals surface area contributed by atoms with Gasteiger partial charge >= 0.3 is 0 Å². The average Bonchev–Trinajstić information content (AvgIpc) is 3.41. The SMILES string of the molecule is Cc1ccc(-n2nc(C)cc2N2C(=O)c3ccc4ccccc4c3[C@@H]2c2ccc(C(C)(C)C)cc2)cc1. The number of aryl methyl sites for hydroxylation is 2. The molecule has 1 atom stereocenters. The van der Waals surface area contributed by atoms with E-state index in [1.165, 1.54) is 11.1 Å². The predicted molar refractivity (Wildman–Crippen MR) is 151 cm³/mol. The molecule has 0 saturated heterocycles. The summed E-state index contributed by atoms with van der Waals surface area (Å²) in [6.45, 7) is 10.7. The summed E-state index contributed by atoms with van der Waals surface area (Å²) >= 11 is 0. The van der Waals surface area contributed by atoms with Crippen LogP contribution in [0.3, 0.4) is 0 Å². The van der Waals surface area contributed by atoms with Crippen molar-refractivity contribution in [3.8, 4) is 5.69 Å². The van der Waals surface area contributed by atoms with Gasteiger partial charge < -0.3 is 0 Å². The number of amides is 1. The molecule has 1 amide bonds. The molecule has 184 valence electrons. The highest BCUT2D eigenvalue weighted by atomic mass is 16.2. The molecule has 1 aliphatic heterocycles. The largest absolute Gasteiger partial charge is 0.281 e. The first kappa shape index (κ1) is 23.2. The summed E-state index contributed by atoms with van der Waals surface area (Å²) in [6.07, 6.45) is 0. The van der Waals surface area contributed by atoms with Crippen molar-refractivity contribution in [3.05, 3.63) is 125 Å². The molecule has 6 rings (SSSR count). The fraction of sp³-hybridized carbons (Fsp3) is 0.212. The van der Waals surface area contributed by atoms with Gasteiger partial charge in [-0.05, 0) is 59.4 Å². The molecule has 0 saturated carbocycles. The van der Waals surface area contributed by atoms with Crippen LogP contribution in [0.1, 0.15) is 65.1 Å². The Hall–Kier alpha value is -4.18. The first-order valence-electron chi connectivity index (χ1n) is 12.8. The maximum atomic E-state index is 14.2. The van der Waals surface area contributed by atoms with Crippen molar-refractivity contribution < 1.29 is 4.79 Å². The number of nitrogens with zero attached hydrogens (tertiary/aromatic N) is 3. The van der Waals surface area contributed by atoms with Crippen LogP contribution in [0.25, 0.3) is 16.5 Å². The minimum absolute atomic E-state index is 0.00101. The maximum Gasteiger partial charge on any atom is 0.260 e. The van der Waals surface area contributed by atoms with E-state index in [-0.39, 0.29) is 17.4 Å². The summed E-state index contributed by atoms with van der Waals surface area (Å²) in [6, 6.07) is 31.2. The Morgan fingerprint density at radius 3 is 2.22 bits per heavy atom. The van der Waals surface area contributed by atoms with Crippen molar-refractivity contribution >= 4 is 22.5 Å². The molecule has 0 unspecified atom stereocenters. The molecule has 2 heterocycles. The number of carbonyl (C=O) groups excluding carboxylic acids is 1. The van der Waals surface area contributed by atoms with E-state index in [0.29, 0.717) is 0 Å². The highest BCUT2D eigenvalue weighted by Gasteiger charge is 2.41. The van der Waals surface area contributed by atoms with Crippen LogP contribution in [0.5, 0.6) is 0 Å². The second kappa shape index (κ2) is 8.45. The molecule has 1 aliphatic rings. The van der Waals surface area contributed by atoms with Gasteiger partial charge in [0.1, 0.15) is 5.82 Å². The van der Waals surface area contributed by atoms with E-state index in [2.05, 4.69) is 100 Å². The molecule has 0 fully saturated rings. The van der Waals surface area contributed by atoms with Gasteiger partial charge in [-0.1, -0.05) is 93.1 Å². The Balaban J connectivity index is 1.59. The monoisotopic (exact) mass is 485 g/mol. The number of anilines is 1. The van der Waals surface area contributed by atoms with Gasteiger partial charge in [0, 0.05) is 17.2 Å². The summed E-state index contributed by atoms with van der Waals surface area (Å²) in [7, 11) is 0. The van der Waals surface area contributed by atoms with Gasteiger partial charge in [-0.25, -0.2) is 4.68 Å². The highest BCUT2D eigenvalue weighted by molar-refractivity contribution is 6.15. The smallest absolute Gasteiger partial charge is 0.260 e. The zero-order valence-corrected chi connectivity index (χ0v) is 22.0. The molecule has 0 aliphatic carbocycles. The number of rotatable bonds is 3. The molecule has 0 bridgehead atoms. The van der Waals surface area contributed by atoms with Gasteiger partial charge in [0.05, 0.1) is 17.4 Å². The van der Waals surface area contributed by atoms with E-state index < -0.39 is 0 Å². The Labute approximate surface area is 218 Å². The number of benzene rings is 4. The van der Waals surface area contributed by atoms with Crippen LogP contribution in [0, 0.1) is 13.8 Å². The second-order valence-corrected chi connectivity index (χ2v) is 11.1. The van der Waals surface area contributed by atoms with E-state index in [9.17, 15) is 4.79 Å². The van der Waals surface area contributed by atoms with Gasteiger partial charge in [0.25, 0.3) is 5.91 Å². The minimum Gasteiger partial charge on any atom is -0.281 e. The maximum absolute atomic E-state index is 14.2. The van der Waals surface area contributed by atoms with Crippen LogP contribution in [0.15, 0.2) is 91.0 Å². The standard InChI is InChI=1S/C33H31N3O/c1-21-10-17-26(18-11-21)36-29(20-22(2)34-36)35-31(24-12-15-25(16-13-24)33(3,4)5)30-27-9-7-6-8-23(27)14-19-28(30)32(35)37/h6-20,31H,1-5H3/t31-/m0/s1. The van der Waals surface area contributed by atoms with E-state index in [0.717, 1.165) is 44.7 Å². The Kier molecular flexibility index (Phi) is 5.30. The van der Waals surface area contributed by atoms with Crippen LogP contribution in [0.4, 0.5) is 5.82 Å². The van der Waals surface area contributed by atoms with E-state index in [1.54, 1.807) is 0 Å². The van der Waals surface area contributed by atoms with Gasteiger partial charge in [-0.3, -0.25) is 9.69 Å². The van der Waals surface area contributed by atoms with Gasteiger partial charge in [0.2, 0.25) is 0 Å². The van der Waals surface area contributed by atoms with Gasteiger partial charge in [0.15, 0.2) is 0 Å². The molecular weight excluding hydrogens is 454 g/mol. The third-order valence-electron chi connectivity index (χ3n) is 7.38. The molecule has 4 nitrogen and oxygen atoms in total. The fourth-order valence-electron chi connectivity index (χ4n) is 5.40. The van der Waals surface area contributed by atoms with Crippen molar-refractivity contribution in [2.45, 2.75) is 46.1 Å². The van der Waals surface area contributed by atoms with Crippen molar-refractivity contribution in [3.63, 3.8) is 0 Å². The van der Waals surface area contributed by atoms with Gasteiger partial charge in [-0.2, -0.15) is 5.10 Å². The predicted octanol–water partition coefficient (Wildman–Crippen LogP) is 7.69. The van der Waals surface area contributed by atoms with Crippen molar-refractivity contribution in [2.75, 3.05) is 4.90 Å². The third kappa shape index (κ3) is 3.84. The van der Waals surface area contributed by atoms with Crippen LogP contribution in [-0.4, -0.2) is 15.7 Å². The number of aromatic nitrogens is 2. The van der Waals surface area contributed by atoms with E-state index >= 15 is 0 Å². The summed E-state index contributed by atoms with van der Waals surface area (Å²) in [5, 5.41) is 7.06. The number of hydrogen-bond donors (Lipinski definition) is 0. The second-order valence-electron chi connectivity index (χ2n) is 11.1. The summed E-state index contributed by atoms with van der Waals surface area (Å²) in [5.74, 6) is 0.774. The zero-order chi connectivity index (χ0) is 25.9. The van der Waals surface area contributed by atoms with Crippen molar-refractivity contribution in [2.24, 2.45) is 0 Å². The fourth-order valence-corrected chi connectivity index (χ4v) is 5.40. The molecule has 4 aromatic carbocycles. The van der Waals surface area contributed by atoms with Crippen LogP contribution in [-0.2, 0) is 5.41 Å². The molecule has 1 aromatic heterocycles. The molecule has 0 N–H and O–H groups in total. The quantitative estimate of drug-likeness (QED) is 0.263. The normalized spacial score (nSPS) is 15.4. The Bertz CT molecular complexity index is 1640. The molecule has 4 heteroatoms. The van der Waals surface area contributed by atoms with E-state index in [1.807, 2.05) is 34.7 Å². The first-order chi connectivity index (χ1) is 17.7. The third-order valence-corrected chi connectivity index (χ3v) is 7.38. The van der Waals surface area contributed by atoms with Crippen LogP contribution >= 0.6 is 0 Å². The summed E-state index contributed by atoms with van der Waals surface area (Å²) in [4.78, 5) is 16.1. The lowest BCUT2D eigenvalue weighted by molar-refractivity contribution is 0.0992. The molecular formula is C33H31N3O. The van der Waals surface area contributed by atoms with Crippen LogP contribution < -0.4 is 4.90 Å². The Morgan fingerprint density at radius 2 is 1.51 bits per heavy atom. The number of fused-ring (bicyclic) bond motifs is 3. The van der Waals surface area contributed by atoms with Crippen LogP contribution in [0.2, 0.25) is 0 Å². The lowest BCUT2D eigenvalue weighted by Crippen LogP contribution is -2.30. The molecule has 5 aromatic rings. The van der Waals surface area contributed by atoms with Gasteiger partial charge in [-0.15, -0.1) is 0 Å². The topological polar surface area (TPSA) is 38.1 Å². The lowest BCUT2D eigenvalue weighted by atomic mass is 9.85.